The molecule has 0 saturated carbocycles. The lowest BCUT2D eigenvalue weighted by atomic mass is 10.1. The predicted molar refractivity (Wildman–Crippen MR) is 80.5 cm³/mol. The molecular weight excluding hydrogens is 272 g/mol. The molecule has 0 radical (unpaired) electrons. The third-order valence-electron chi connectivity index (χ3n) is 3.08. The second-order valence-corrected chi connectivity index (χ2v) is 5.40. The summed E-state index contributed by atoms with van der Waals surface area (Å²) in [6.45, 7) is 7.30. The molecule has 116 valence electrons. The molecule has 0 fully saturated rings. The van der Waals surface area contributed by atoms with Crippen LogP contribution in [0.2, 0.25) is 0 Å². The molecule has 0 aliphatic carbocycles. The second kappa shape index (κ2) is 7.73. The van der Waals surface area contributed by atoms with Gasteiger partial charge in [0.1, 0.15) is 0 Å². The number of ether oxygens (including phenoxy) is 1. The fourth-order valence-corrected chi connectivity index (χ4v) is 2.09. The van der Waals surface area contributed by atoms with Gasteiger partial charge >= 0.3 is 0 Å². The van der Waals surface area contributed by atoms with E-state index >= 15 is 0 Å². The van der Waals surface area contributed by atoms with Crippen molar-refractivity contribution >= 4 is 11.6 Å². The number of benzene rings is 1. The number of methoxy groups -OCH3 is 1. The molecule has 21 heavy (non-hydrogen) atoms. The van der Waals surface area contributed by atoms with Crippen LogP contribution in [-0.2, 0) is 4.74 Å². The Morgan fingerprint density at radius 2 is 2.10 bits per heavy atom. The number of carbonyl (C=O) groups is 1. The van der Waals surface area contributed by atoms with Gasteiger partial charge in [0, 0.05) is 37.4 Å². The maximum Gasteiger partial charge on any atom is 0.272 e. The summed E-state index contributed by atoms with van der Waals surface area (Å²) < 4.78 is 5.03. The minimum atomic E-state index is -0.444. The van der Waals surface area contributed by atoms with Crippen LogP contribution in [0.1, 0.15) is 29.8 Å². The monoisotopic (exact) mass is 294 g/mol. The Balaban J connectivity index is 2.97. The topological polar surface area (TPSA) is 72.7 Å². The van der Waals surface area contributed by atoms with Crippen molar-refractivity contribution in [3.63, 3.8) is 0 Å². The Labute approximate surface area is 124 Å². The summed E-state index contributed by atoms with van der Waals surface area (Å²) in [5, 5.41) is 10.8. The van der Waals surface area contributed by atoms with Gasteiger partial charge in [-0.15, -0.1) is 0 Å². The molecule has 0 saturated heterocycles. The van der Waals surface area contributed by atoms with Crippen LogP contribution in [-0.4, -0.2) is 42.5 Å². The van der Waals surface area contributed by atoms with Gasteiger partial charge in [-0.2, -0.15) is 0 Å². The molecule has 0 aliphatic heterocycles. The van der Waals surface area contributed by atoms with Gasteiger partial charge in [-0.3, -0.25) is 14.9 Å². The highest BCUT2D eigenvalue weighted by Crippen LogP contribution is 2.20. The smallest absolute Gasteiger partial charge is 0.272 e. The number of rotatable bonds is 7. The summed E-state index contributed by atoms with van der Waals surface area (Å²) in [6, 6.07) is 4.46. The Morgan fingerprint density at radius 1 is 1.43 bits per heavy atom. The molecule has 0 bridgehead atoms. The lowest BCUT2D eigenvalue weighted by Gasteiger charge is -2.24. The minimum absolute atomic E-state index is 0.0267. The Kier molecular flexibility index (Phi) is 6.30. The van der Waals surface area contributed by atoms with Gasteiger partial charge in [0.05, 0.1) is 11.5 Å². The molecule has 0 aliphatic rings. The number of hydrogen-bond donors (Lipinski definition) is 0. The highest BCUT2D eigenvalue weighted by atomic mass is 16.6. The summed E-state index contributed by atoms with van der Waals surface area (Å²) in [7, 11) is 1.59. The molecule has 0 spiro atoms. The lowest BCUT2D eigenvalue weighted by Crippen LogP contribution is -2.36. The zero-order chi connectivity index (χ0) is 16.0. The molecule has 6 nitrogen and oxygen atoms in total. The second-order valence-electron chi connectivity index (χ2n) is 5.40. The summed E-state index contributed by atoms with van der Waals surface area (Å²) in [4.78, 5) is 24.6. The third kappa shape index (κ3) is 4.82. The van der Waals surface area contributed by atoms with Crippen LogP contribution in [0.3, 0.4) is 0 Å². The Bertz CT molecular complexity index is 514. The van der Waals surface area contributed by atoms with Crippen molar-refractivity contribution in [1.82, 2.24) is 4.90 Å². The van der Waals surface area contributed by atoms with Crippen molar-refractivity contribution < 1.29 is 14.5 Å². The molecule has 1 rings (SSSR count). The maximum atomic E-state index is 12.5. The zero-order valence-corrected chi connectivity index (χ0v) is 13.0. The van der Waals surface area contributed by atoms with Gasteiger partial charge in [0.2, 0.25) is 0 Å². The molecule has 0 heterocycles. The maximum absolute atomic E-state index is 12.5. The van der Waals surface area contributed by atoms with Crippen LogP contribution in [0.4, 0.5) is 5.69 Å². The van der Waals surface area contributed by atoms with Gasteiger partial charge in [0.25, 0.3) is 11.6 Å². The molecule has 1 aromatic carbocycles. The van der Waals surface area contributed by atoms with E-state index in [0.717, 1.165) is 0 Å². The van der Waals surface area contributed by atoms with E-state index in [-0.39, 0.29) is 11.6 Å². The molecule has 6 heteroatoms. The largest absolute Gasteiger partial charge is 0.383 e. The first-order valence-corrected chi connectivity index (χ1v) is 6.90. The molecule has 0 atom stereocenters. The SMILES string of the molecule is COCCN(CC(C)C)C(=O)c1ccc([N+](=O)[O-])c(C)c1. The number of nitro groups is 1. The zero-order valence-electron chi connectivity index (χ0n) is 13.0. The minimum Gasteiger partial charge on any atom is -0.383 e. The van der Waals surface area contributed by atoms with Crippen molar-refractivity contribution in [2.75, 3.05) is 26.8 Å². The number of amides is 1. The van der Waals surface area contributed by atoms with E-state index in [1.165, 1.54) is 12.1 Å². The Hall–Kier alpha value is -1.95. The first-order chi connectivity index (χ1) is 9.86. The van der Waals surface area contributed by atoms with Crippen molar-refractivity contribution in [2.24, 2.45) is 5.92 Å². The molecule has 0 unspecified atom stereocenters. The van der Waals surface area contributed by atoms with Crippen LogP contribution in [0.15, 0.2) is 18.2 Å². The highest BCUT2D eigenvalue weighted by molar-refractivity contribution is 5.94. The summed E-state index contributed by atoms with van der Waals surface area (Å²) in [6.07, 6.45) is 0. The van der Waals surface area contributed by atoms with E-state index in [2.05, 4.69) is 0 Å². The summed E-state index contributed by atoms with van der Waals surface area (Å²) >= 11 is 0. The number of nitro benzene ring substituents is 1. The normalized spacial score (nSPS) is 10.7. The van der Waals surface area contributed by atoms with Gasteiger partial charge in [-0.25, -0.2) is 0 Å². The van der Waals surface area contributed by atoms with E-state index in [1.54, 1.807) is 25.0 Å². The molecule has 0 aromatic heterocycles. The average Bonchev–Trinajstić information content (AvgIpc) is 2.41. The third-order valence-corrected chi connectivity index (χ3v) is 3.08. The number of nitrogens with zero attached hydrogens (tertiary/aromatic N) is 2. The number of carbonyl (C=O) groups excluding carboxylic acids is 1. The standard InChI is InChI=1S/C15H22N2O4/c1-11(2)10-16(7-8-21-4)15(18)13-5-6-14(17(19)20)12(3)9-13/h5-6,9,11H,7-8,10H2,1-4H3. The van der Waals surface area contributed by atoms with Crippen molar-refractivity contribution in [1.29, 1.82) is 0 Å². The van der Waals surface area contributed by atoms with Gasteiger partial charge < -0.3 is 9.64 Å². The van der Waals surface area contributed by atoms with Crippen LogP contribution in [0.5, 0.6) is 0 Å². The van der Waals surface area contributed by atoms with E-state index in [4.69, 9.17) is 4.74 Å². The van der Waals surface area contributed by atoms with E-state index in [0.29, 0.717) is 36.7 Å². The summed E-state index contributed by atoms with van der Waals surface area (Å²) in [5.74, 6) is 0.212. The quantitative estimate of drug-likeness (QED) is 0.572. The Morgan fingerprint density at radius 3 is 2.57 bits per heavy atom. The van der Waals surface area contributed by atoms with E-state index < -0.39 is 4.92 Å². The van der Waals surface area contributed by atoms with E-state index in [1.807, 2.05) is 13.8 Å². The van der Waals surface area contributed by atoms with Crippen molar-refractivity contribution in [2.45, 2.75) is 20.8 Å². The summed E-state index contributed by atoms with van der Waals surface area (Å²) in [5.41, 5.74) is 0.982. The fraction of sp³-hybridized carbons (Fsp3) is 0.533. The predicted octanol–water partition coefficient (Wildman–Crippen LogP) is 2.65. The number of aryl methyl sites for hydroxylation is 1. The van der Waals surface area contributed by atoms with Crippen LogP contribution in [0, 0.1) is 23.0 Å². The fourth-order valence-electron chi connectivity index (χ4n) is 2.09. The average molecular weight is 294 g/mol. The molecular formula is C15H22N2O4. The number of hydrogen-bond acceptors (Lipinski definition) is 4. The van der Waals surface area contributed by atoms with E-state index in [9.17, 15) is 14.9 Å². The lowest BCUT2D eigenvalue weighted by molar-refractivity contribution is -0.385. The van der Waals surface area contributed by atoms with Crippen molar-refractivity contribution in [3.8, 4) is 0 Å². The van der Waals surface area contributed by atoms with Gasteiger partial charge in [-0.05, 0) is 25.0 Å². The molecule has 0 N–H and O–H groups in total. The first-order valence-electron chi connectivity index (χ1n) is 6.90. The van der Waals surface area contributed by atoms with Crippen molar-refractivity contribution in [3.05, 3.63) is 39.4 Å². The van der Waals surface area contributed by atoms with Crippen LogP contribution < -0.4 is 0 Å². The van der Waals surface area contributed by atoms with Gasteiger partial charge in [-0.1, -0.05) is 13.8 Å². The first kappa shape index (κ1) is 17.1. The highest BCUT2D eigenvalue weighted by Gasteiger charge is 2.19. The van der Waals surface area contributed by atoms with Gasteiger partial charge in [0.15, 0.2) is 0 Å². The van der Waals surface area contributed by atoms with Crippen LogP contribution in [0.25, 0.3) is 0 Å². The van der Waals surface area contributed by atoms with Crippen LogP contribution >= 0.6 is 0 Å². The molecule has 1 amide bonds. The molecule has 1 aromatic rings.